The first-order chi connectivity index (χ1) is 9.26. The quantitative estimate of drug-likeness (QED) is 0.741. The average molecular weight is 296 g/mol. The second kappa shape index (κ2) is 7.47. The Labute approximate surface area is 115 Å². The van der Waals surface area contributed by atoms with Crippen molar-refractivity contribution in [3.63, 3.8) is 0 Å². The molecule has 1 aliphatic heterocycles. The van der Waals surface area contributed by atoms with Crippen molar-refractivity contribution in [2.75, 3.05) is 26.2 Å². The topological polar surface area (TPSA) is 69.6 Å². The number of rotatable bonds is 7. The van der Waals surface area contributed by atoms with Gasteiger partial charge in [-0.15, -0.1) is 0 Å². The Morgan fingerprint density at radius 1 is 1.30 bits per heavy atom. The van der Waals surface area contributed by atoms with E-state index in [0.717, 1.165) is 0 Å². The molecule has 1 rings (SSSR count). The van der Waals surface area contributed by atoms with Gasteiger partial charge in [-0.1, -0.05) is 0 Å². The average Bonchev–Trinajstić information content (AvgIpc) is 2.71. The van der Waals surface area contributed by atoms with Gasteiger partial charge in [0.2, 0.25) is 5.91 Å². The lowest BCUT2D eigenvalue weighted by atomic mass is 10.1. The Morgan fingerprint density at radius 3 is 2.60 bits per heavy atom. The maximum atomic E-state index is 12.2. The van der Waals surface area contributed by atoms with E-state index in [1.807, 2.05) is 0 Å². The van der Waals surface area contributed by atoms with E-state index in [2.05, 4.69) is 5.32 Å². The van der Waals surface area contributed by atoms with Crippen LogP contribution in [0.5, 0.6) is 0 Å². The molecule has 0 aromatic rings. The molecule has 8 heteroatoms. The zero-order chi connectivity index (χ0) is 15.2. The first-order valence-electron chi connectivity index (χ1n) is 6.54. The van der Waals surface area contributed by atoms with E-state index in [1.165, 1.54) is 4.90 Å². The van der Waals surface area contributed by atoms with Crippen LogP contribution >= 0.6 is 0 Å². The van der Waals surface area contributed by atoms with Gasteiger partial charge in [0.25, 0.3) is 0 Å². The highest BCUT2D eigenvalue weighted by molar-refractivity contribution is 5.76. The highest BCUT2D eigenvalue weighted by atomic mass is 19.4. The molecule has 116 valence electrons. The molecule has 1 amide bonds. The summed E-state index contributed by atoms with van der Waals surface area (Å²) in [6.07, 6.45) is -3.21. The van der Waals surface area contributed by atoms with Crippen LogP contribution in [0.3, 0.4) is 0 Å². The number of amides is 1. The molecule has 20 heavy (non-hydrogen) atoms. The van der Waals surface area contributed by atoms with Crippen LogP contribution in [0.25, 0.3) is 0 Å². The molecule has 1 fully saturated rings. The number of hydrogen-bond donors (Lipinski definition) is 2. The summed E-state index contributed by atoms with van der Waals surface area (Å²) in [5.41, 5.74) is 0. The number of halogens is 3. The summed E-state index contributed by atoms with van der Waals surface area (Å²) in [6.45, 7) is 0.157. The number of hydrogen-bond acceptors (Lipinski definition) is 3. The Balaban J connectivity index is 2.14. The minimum absolute atomic E-state index is 0.0285. The van der Waals surface area contributed by atoms with Gasteiger partial charge in [-0.2, -0.15) is 13.2 Å². The highest BCUT2D eigenvalue weighted by Gasteiger charge is 2.34. The third kappa shape index (κ3) is 7.32. The zero-order valence-electron chi connectivity index (χ0n) is 11.1. The molecule has 1 heterocycles. The summed E-state index contributed by atoms with van der Waals surface area (Å²) >= 11 is 0. The Morgan fingerprint density at radius 2 is 2.00 bits per heavy atom. The number of carbonyl (C=O) groups is 2. The summed E-state index contributed by atoms with van der Waals surface area (Å²) < 4.78 is 36.6. The predicted octanol–water partition coefficient (Wildman–Crippen LogP) is 1.24. The minimum atomic E-state index is -4.19. The van der Waals surface area contributed by atoms with Crippen LogP contribution in [0.4, 0.5) is 13.2 Å². The van der Waals surface area contributed by atoms with Crippen LogP contribution in [-0.4, -0.2) is 54.2 Å². The maximum Gasteiger partial charge on any atom is 0.401 e. The van der Waals surface area contributed by atoms with E-state index in [0.29, 0.717) is 26.1 Å². The normalized spacial score (nSPS) is 20.1. The van der Waals surface area contributed by atoms with Crippen molar-refractivity contribution in [1.29, 1.82) is 0 Å². The number of carbonyl (C=O) groups excluding carboxylic acids is 1. The standard InChI is InChI=1S/C12H19F3N2O3/c13-12(14,15)8-17-5-4-9(7-17)6-16-10(18)2-1-3-11(19)20/h9H,1-8H2,(H,16,18)(H,19,20). The number of carboxylic acid groups (broad SMARTS) is 1. The first kappa shape index (κ1) is 16.7. The van der Waals surface area contributed by atoms with Crippen molar-refractivity contribution in [2.24, 2.45) is 5.92 Å². The second-order valence-corrected chi connectivity index (χ2v) is 5.06. The number of likely N-dealkylation sites (tertiary alicyclic amines) is 1. The van der Waals surface area contributed by atoms with E-state index >= 15 is 0 Å². The highest BCUT2D eigenvalue weighted by Crippen LogP contribution is 2.22. The molecule has 1 aliphatic rings. The lowest BCUT2D eigenvalue weighted by molar-refractivity contribution is -0.144. The van der Waals surface area contributed by atoms with Crippen LogP contribution in [-0.2, 0) is 9.59 Å². The molecule has 1 unspecified atom stereocenters. The van der Waals surface area contributed by atoms with E-state index in [4.69, 9.17) is 5.11 Å². The Hall–Kier alpha value is -1.31. The van der Waals surface area contributed by atoms with Gasteiger partial charge >= 0.3 is 12.1 Å². The van der Waals surface area contributed by atoms with Crippen LogP contribution in [0, 0.1) is 5.92 Å². The van der Waals surface area contributed by atoms with Gasteiger partial charge in [0.05, 0.1) is 6.54 Å². The molecule has 5 nitrogen and oxygen atoms in total. The lowest BCUT2D eigenvalue weighted by Gasteiger charge is -2.18. The summed E-state index contributed by atoms with van der Waals surface area (Å²) in [7, 11) is 0. The molecule has 0 saturated carbocycles. The van der Waals surface area contributed by atoms with Gasteiger partial charge in [0, 0.05) is 25.9 Å². The Bertz CT molecular complexity index is 347. The van der Waals surface area contributed by atoms with Crippen molar-refractivity contribution in [1.82, 2.24) is 10.2 Å². The van der Waals surface area contributed by atoms with Crippen molar-refractivity contribution < 1.29 is 27.9 Å². The monoisotopic (exact) mass is 296 g/mol. The second-order valence-electron chi connectivity index (χ2n) is 5.06. The van der Waals surface area contributed by atoms with Gasteiger partial charge in [-0.3, -0.25) is 14.5 Å². The van der Waals surface area contributed by atoms with Crippen molar-refractivity contribution in [3.8, 4) is 0 Å². The molecule has 0 spiro atoms. The van der Waals surface area contributed by atoms with E-state index in [1.54, 1.807) is 0 Å². The molecule has 2 N–H and O–H groups in total. The predicted molar refractivity (Wildman–Crippen MR) is 65.1 cm³/mol. The van der Waals surface area contributed by atoms with Gasteiger partial charge in [0.1, 0.15) is 0 Å². The fourth-order valence-electron chi connectivity index (χ4n) is 2.22. The molecule has 0 aromatic carbocycles. The third-order valence-electron chi connectivity index (χ3n) is 3.16. The molecule has 0 aliphatic carbocycles. The smallest absolute Gasteiger partial charge is 0.401 e. The zero-order valence-corrected chi connectivity index (χ0v) is 11.1. The number of nitrogens with zero attached hydrogens (tertiary/aromatic N) is 1. The molecular formula is C12H19F3N2O3. The summed E-state index contributed by atoms with van der Waals surface area (Å²) in [5, 5.41) is 11.1. The first-order valence-corrected chi connectivity index (χ1v) is 6.54. The summed E-state index contributed by atoms with van der Waals surface area (Å²) in [6, 6.07) is 0. The van der Waals surface area contributed by atoms with Gasteiger partial charge in [0.15, 0.2) is 0 Å². The van der Waals surface area contributed by atoms with Crippen molar-refractivity contribution in [3.05, 3.63) is 0 Å². The molecule has 1 atom stereocenters. The lowest BCUT2D eigenvalue weighted by Crippen LogP contribution is -2.34. The van der Waals surface area contributed by atoms with E-state index in [-0.39, 0.29) is 31.1 Å². The fraction of sp³-hybridized carbons (Fsp3) is 0.833. The molecular weight excluding hydrogens is 277 g/mol. The number of carboxylic acids is 1. The van der Waals surface area contributed by atoms with Gasteiger partial charge in [-0.25, -0.2) is 0 Å². The van der Waals surface area contributed by atoms with Crippen molar-refractivity contribution in [2.45, 2.75) is 31.9 Å². The molecule has 0 aromatic heterocycles. The molecule has 0 radical (unpaired) electrons. The van der Waals surface area contributed by atoms with Crippen LogP contribution < -0.4 is 5.32 Å². The minimum Gasteiger partial charge on any atom is -0.481 e. The summed E-state index contributed by atoms with van der Waals surface area (Å²) in [5.74, 6) is -1.17. The van der Waals surface area contributed by atoms with Crippen LogP contribution in [0.1, 0.15) is 25.7 Å². The van der Waals surface area contributed by atoms with Crippen molar-refractivity contribution >= 4 is 11.9 Å². The maximum absolute atomic E-state index is 12.2. The Kier molecular flexibility index (Phi) is 6.25. The number of alkyl halides is 3. The van der Waals surface area contributed by atoms with Crippen LogP contribution in [0.2, 0.25) is 0 Å². The largest absolute Gasteiger partial charge is 0.481 e. The van der Waals surface area contributed by atoms with Crippen LogP contribution in [0.15, 0.2) is 0 Å². The van der Waals surface area contributed by atoms with Gasteiger partial charge < -0.3 is 10.4 Å². The van der Waals surface area contributed by atoms with E-state index < -0.39 is 18.7 Å². The molecule has 0 bridgehead atoms. The summed E-state index contributed by atoms with van der Waals surface area (Å²) in [4.78, 5) is 23.0. The van der Waals surface area contributed by atoms with Gasteiger partial charge in [-0.05, 0) is 25.3 Å². The fourth-order valence-corrected chi connectivity index (χ4v) is 2.22. The number of nitrogens with one attached hydrogen (secondary N) is 1. The third-order valence-corrected chi connectivity index (χ3v) is 3.16. The number of aliphatic carboxylic acids is 1. The molecule has 1 saturated heterocycles. The SMILES string of the molecule is O=C(O)CCCC(=O)NCC1CCN(CC(F)(F)F)C1. The van der Waals surface area contributed by atoms with E-state index in [9.17, 15) is 22.8 Å².